The Bertz CT molecular complexity index is 1300. The van der Waals surface area contributed by atoms with E-state index in [1.807, 2.05) is 29.2 Å². The topological polar surface area (TPSA) is 68.5 Å². The fraction of sp³-hybridized carbons (Fsp3) is 0.259. The molecule has 0 bridgehead atoms. The molecule has 0 atom stereocenters. The number of carbonyl (C=O) groups excluding carboxylic acids is 1. The Morgan fingerprint density at radius 3 is 2.33 bits per heavy atom. The number of hydrogen-bond acceptors (Lipinski definition) is 5. The van der Waals surface area contributed by atoms with Crippen molar-refractivity contribution in [3.05, 3.63) is 65.0 Å². The van der Waals surface area contributed by atoms with Crippen LogP contribution in [-0.2, 0) is 0 Å². The number of benzene rings is 2. The third-order valence-corrected chi connectivity index (χ3v) is 7.37. The number of fused-ring (bicyclic) bond motifs is 1. The molecule has 33 heavy (non-hydrogen) atoms. The van der Waals surface area contributed by atoms with Crippen molar-refractivity contribution in [2.75, 3.05) is 25.9 Å². The number of nitrogens with two attached hydrogens (primary N) is 1. The van der Waals surface area contributed by atoms with Crippen molar-refractivity contribution in [1.29, 1.82) is 0 Å². The molecule has 0 spiro atoms. The number of piperidine rings is 1. The molecular weight excluding hydrogens is 430 g/mol. The van der Waals surface area contributed by atoms with Gasteiger partial charge in [-0.2, -0.15) is 0 Å². The average molecular weight is 458 g/mol. The van der Waals surface area contributed by atoms with E-state index in [4.69, 9.17) is 15.5 Å². The van der Waals surface area contributed by atoms with E-state index in [0.29, 0.717) is 10.6 Å². The molecule has 2 aromatic heterocycles. The standard InChI is InChI=1S/C27H27N3O2S/c1-17-6-8-18(9-7-17)21-16-22(19-10-12-20(32-2)13-11-19)29-26-23(21)24(28)25(33-26)27(31)30-14-4-3-5-15-30/h6-13,16H,3-5,14-15,28H2,1-2H3. The highest BCUT2D eigenvalue weighted by Gasteiger charge is 2.26. The summed E-state index contributed by atoms with van der Waals surface area (Å²) in [6, 6.07) is 18.3. The SMILES string of the molecule is COc1ccc(-c2cc(-c3ccc(C)cc3)c3c(N)c(C(=O)N4CCCCC4)sc3n2)cc1. The maximum atomic E-state index is 13.3. The molecule has 2 N–H and O–H groups in total. The molecule has 6 heteroatoms. The second-order valence-corrected chi connectivity index (χ2v) is 9.53. The van der Waals surface area contributed by atoms with Crippen LogP contribution >= 0.6 is 11.3 Å². The summed E-state index contributed by atoms with van der Waals surface area (Å²) in [5.41, 5.74) is 12.3. The highest BCUT2D eigenvalue weighted by molar-refractivity contribution is 7.21. The highest BCUT2D eigenvalue weighted by Crippen LogP contribution is 2.42. The van der Waals surface area contributed by atoms with Gasteiger partial charge in [-0.15, -0.1) is 11.3 Å². The first kappa shape index (κ1) is 21.5. The van der Waals surface area contributed by atoms with Crippen LogP contribution in [0.1, 0.15) is 34.5 Å². The van der Waals surface area contributed by atoms with Gasteiger partial charge in [-0.25, -0.2) is 4.98 Å². The summed E-state index contributed by atoms with van der Waals surface area (Å²) >= 11 is 1.40. The number of hydrogen-bond donors (Lipinski definition) is 1. The third kappa shape index (κ3) is 4.07. The summed E-state index contributed by atoms with van der Waals surface area (Å²) in [7, 11) is 1.66. The predicted octanol–water partition coefficient (Wildman–Crippen LogP) is 6.16. The lowest BCUT2D eigenvalue weighted by Gasteiger charge is -2.26. The molecule has 1 amide bonds. The van der Waals surface area contributed by atoms with Crippen LogP contribution in [0.5, 0.6) is 5.75 Å². The van der Waals surface area contributed by atoms with E-state index in [9.17, 15) is 4.79 Å². The maximum Gasteiger partial charge on any atom is 0.266 e. The van der Waals surface area contributed by atoms with Crippen molar-refractivity contribution in [2.45, 2.75) is 26.2 Å². The molecule has 5 rings (SSSR count). The van der Waals surface area contributed by atoms with E-state index in [-0.39, 0.29) is 5.91 Å². The van der Waals surface area contributed by atoms with Crippen LogP contribution in [0.25, 0.3) is 32.6 Å². The molecule has 1 fully saturated rings. The number of ether oxygens (including phenoxy) is 1. The Balaban J connectivity index is 1.68. The first-order valence-corrected chi connectivity index (χ1v) is 12.1. The highest BCUT2D eigenvalue weighted by atomic mass is 32.1. The molecule has 3 heterocycles. The van der Waals surface area contributed by atoms with Gasteiger partial charge < -0.3 is 15.4 Å². The molecule has 1 aliphatic heterocycles. The quantitative estimate of drug-likeness (QED) is 0.399. The van der Waals surface area contributed by atoms with Crippen LogP contribution in [0.4, 0.5) is 5.69 Å². The molecule has 1 saturated heterocycles. The number of nitrogen functional groups attached to an aromatic ring is 1. The Morgan fingerprint density at radius 1 is 1.00 bits per heavy atom. The lowest BCUT2D eigenvalue weighted by Crippen LogP contribution is -2.35. The second kappa shape index (κ2) is 8.87. The number of aryl methyl sites for hydroxylation is 1. The molecular formula is C27H27N3O2S. The average Bonchev–Trinajstić information content (AvgIpc) is 3.20. The molecule has 2 aromatic carbocycles. The summed E-state index contributed by atoms with van der Waals surface area (Å²) in [4.78, 5) is 21.6. The number of pyridine rings is 1. The minimum absolute atomic E-state index is 0.0241. The molecule has 5 nitrogen and oxygen atoms in total. The zero-order valence-corrected chi connectivity index (χ0v) is 19.7. The molecule has 0 saturated carbocycles. The Kier molecular flexibility index (Phi) is 5.77. The van der Waals surface area contributed by atoms with Gasteiger partial charge >= 0.3 is 0 Å². The molecule has 1 aliphatic rings. The van der Waals surface area contributed by atoms with Crippen molar-refractivity contribution in [2.24, 2.45) is 0 Å². The van der Waals surface area contributed by atoms with E-state index in [1.165, 1.54) is 23.3 Å². The van der Waals surface area contributed by atoms with E-state index in [2.05, 4.69) is 37.3 Å². The summed E-state index contributed by atoms with van der Waals surface area (Å²) in [6.07, 6.45) is 3.27. The summed E-state index contributed by atoms with van der Waals surface area (Å²) < 4.78 is 5.31. The molecule has 0 unspecified atom stereocenters. The third-order valence-electron chi connectivity index (χ3n) is 6.28. The van der Waals surface area contributed by atoms with Crippen LogP contribution in [0.2, 0.25) is 0 Å². The van der Waals surface area contributed by atoms with Gasteiger partial charge in [0.05, 0.1) is 18.5 Å². The van der Waals surface area contributed by atoms with Crippen LogP contribution < -0.4 is 10.5 Å². The first-order chi connectivity index (χ1) is 16.0. The largest absolute Gasteiger partial charge is 0.497 e. The maximum absolute atomic E-state index is 13.3. The van der Waals surface area contributed by atoms with Crippen LogP contribution in [0, 0.1) is 6.92 Å². The van der Waals surface area contributed by atoms with Crippen LogP contribution in [-0.4, -0.2) is 36.0 Å². The molecule has 0 radical (unpaired) electrons. The van der Waals surface area contributed by atoms with Gasteiger partial charge in [-0.3, -0.25) is 4.79 Å². The van der Waals surface area contributed by atoms with Crippen molar-refractivity contribution >= 4 is 33.1 Å². The Labute approximate surface area is 197 Å². The van der Waals surface area contributed by atoms with Crippen molar-refractivity contribution in [3.8, 4) is 28.1 Å². The van der Waals surface area contributed by atoms with E-state index in [1.54, 1.807) is 7.11 Å². The van der Waals surface area contributed by atoms with E-state index < -0.39 is 0 Å². The normalized spacial score (nSPS) is 13.9. The molecule has 168 valence electrons. The van der Waals surface area contributed by atoms with Crippen molar-refractivity contribution in [1.82, 2.24) is 9.88 Å². The fourth-order valence-electron chi connectivity index (χ4n) is 4.39. The van der Waals surface area contributed by atoms with Crippen molar-refractivity contribution in [3.63, 3.8) is 0 Å². The Morgan fingerprint density at radius 2 is 1.67 bits per heavy atom. The zero-order valence-electron chi connectivity index (χ0n) is 18.9. The van der Waals surface area contributed by atoms with Gasteiger partial charge in [0.2, 0.25) is 0 Å². The van der Waals surface area contributed by atoms with Crippen LogP contribution in [0.15, 0.2) is 54.6 Å². The molecule has 4 aromatic rings. The number of carbonyl (C=O) groups is 1. The van der Waals surface area contributed by atoms with E-state index in [0.717, 1.165) is 64.3 Å². The molecule has 0 aliphatic carbocycles. The number of nitrogens with zero attached hydrogens (tertiary/aromatic N) is 2. The Hall–Kier alpha value is -3.38. The van der Waals surface area contributed by atoms with Crippen molar-refractivity contribution < 1.29 is 9.53 Å². The lowest BCUT2D eigenvalue weighted by atomic mass is 9.98. The van der Waals surface area contributed by atoms with Gasteiger partial charge in [0.1, 0.15) is 15.5 Å². The monoisotopic (exact) mass is 457 g/mol. The second-order valence-electron chi connectivity index (χ2n) is 8.53. The van der Waals surface area contributed by atoms with E-state index >= 15 is 0 Å². The zero-order chi connectivity index (χ0) is 22.9. The minimum atomic E-state index is 0.0241. The predicted molar refractivity (Wildman–Crippen MR) is 136 cm³/mol. The summed E-state index contributed by atoms with van der Waals surface area (Å²) in [5, 5.41) is 0.862. The van der Waals surface area contributed by atoms with Gasteiger partial charge in [0.15, 0.2) is 0 Å². The minimum Gasteiger partial charge on any atom is -0.497 e. The number of likely N-dealkylation sites (tertiary alicyclic amines) is 1. The fourth-order valence-corrected chi connectivity index (χ4v) is 5.48. The van der Waals surface area contributed by atoms with Gasteiger partial charge in [-0.1, -0.05) is 29.8 Å². The number of anilines is 1. The number of aromatic nitrogens is 1. The lowest BCUT2D eigenvalue weighted by molar-refractivity contribution is 0.0730. The summed E-state index contributed by atoms with van der Waals surface area (Å²) in [5.74, 6) is 0.824. The van der Waals surface area contributed by atoms with Gasteiger partial charge in [0, 0.05) is 24.0 Å². The number of thiophene rings is 1. The van der Waals surface area contributed by atoms with Gasteiger partial charge in [0.25, 0.3) is 5.91 Å². The van der Waals surface area contributed by atoms with Gasteiger partial charge in [-0.05, 0) is 67.6 Å². The summed E-state index contributed by atoms with van der Waals surface area (Å²) in [6.45, 7) is 3.66. The van der Waals surface area contributed by atoms with Crippen LogP contribution in [0.3, 0.4) is 0 Å². The smallest absolute Gasteiger partial charge is 0.266 e. The first-order valence-electron chi connectivity index (χ1n) is 11.3. The number of amides is 1. The number of methoxy groups -OCH3 is 1. The number of rotatable bonds is 4.